The van der Waals surface area contributed by atoms with E-state index in [0.717, 1.165) is 12.1 Å². The van der Waals surface area contributed by atoms with E-state index >= 15 is 0 Å². The van der Waals surface area contributed by atoms with Crippen LogP contribution in [0.25, 0.3) is 0 Å². The van der Waals surface area contributed by atoms with Gasteiger partial charge in [-0.05, 0) is 11.6 Å². The van der Waals surface area contributed by atoms with Crippen molar-refractivity contribution in [2.75, 3.05) is 0 Å². The Bertz CT molecular complexity index is 774. The van der Waals surface area contributed by atoms with Crippen molar-refractivity contribution >= 4 is 10.0 Å². The smallest absolute Gasteiger partial charge is 0.212 e. The SMILES string of the molecule is O=S(=O)(Cc1ccccc1)NCc1cccc(C(F)(F)F)c1F. The minimum absolute atomic E-state index is 0.339. The van der Waals surface area contributed by atoms with Crippen LogP contribution in [0.2, 0.25) is 0 Å². The van der Waals surface area contributed by atoms with E-state index in [9.17, 15) is 26.0 Å². The lowest BCUT2D eigenvalue weighted by Gasteiger charge is -2.12. The van der Waals surface area contributed by atoms with Crippen LogP contribution in [0.3, 0.4) is 0 Å². The molecule has 1 N–H and O–H groups in total. The molecule has 0 spiro atoms. The third-order valence-corrected chi connectivity index (χ3v) is 4.36. The highest BCUT2D eigenvalue weighted by Crippen LogP contribution is 2.32. The first-order valence-electron chi connectivity index (χ1n) is 6.55. The number of rotatable bonds is 5. The third-order valence-electron chi connectivity index (χ3n) is 3.07. The maximum atomic E-state index is 13.8. The molecule has 0 amide bonds. The molecule has 0 heterocycles. The van der Waals surface area contributed by atoms with Gasteiger partial charge in [-0.2, -0.15) is 13.2 Å². The predicted octanol–water partition coefficient (Wildman–Crippen LogP) is 3.46. The van der Waals surface area contributed by atoms with E-state index in [4.69, 9.17) is 0 Å². The lowest BCUT2D eigenvalue weighted by Crippen LogP contribution is -2.25. The fourth-order valence-electron chi connectivity index (χ4n) is 1.97. The highest BCUT2D eigenvalue weighted by atomic mass is 32.2. The summed E-state index contributed by atoms with van der Waals surface area (Å²) in [5.41, 5.74) is -1.27. The average Bonchev–Trinajstić information content (AvgIpc) is 2.45. The van der Waals surface area contributed by atoms with Crippen molar-refractivity contribution in [3.63, 3.8) is 0 Å². The summed E-state index contributed by atoms with van der Waals surface area (Å²) in [7, 11) is -3.80. The van der Waals surface area contributed by atoms with Gasteiger partial charge in [0.15, 0.2) is 0 Å². The molecule has 2 rings (SSSR count). The maximum Gasteiger partial charge on any atom is 0.419 e. The Hall–Kier alpha value is -1.93. The zero-order valence-electron chi connectivity index (χ0n) is 11.8. The molecule has 0 aliphatic heterocycles. The molecule has 0 unspecified atom stereocenters. The molecule has 0 atom stereocenters. The van der Waals surface area contributed by atoms with Crippen LogP contribution in [0.15, 0.2) is 48.5 Å². The first-order valence-corrected chi connectivity index (χ1v) is 8.20. The molecule has 2 aromatic rings. The summed E-state index contributed by atoms with van der Waals surface area (Å²) in [5.74, 6) is -1.81. The van der Waals surface area contributed by atoms with Gasteiger partial charge in [-0.1, -0.05) is 42.5 Å². The maximum absolute atomic E-state index is 13.8. The second-order valence-electron chi connectivity index (χ2n) is 4.84. The van der Waals surface area contributed by atoms with E-state index in [1.807, 2.05) is 0 Å². The van der Waals surface area contributed by atoms with Gasteiger partial charge in [0.1, 0.15) is 5.82 Å². The van der Waals surface area contributed by atoms with Crippen molar-refractivity contribution in [2.24, 2.45) is 0 Å². The van der Waals surface area contributed by atoms with Crippen LogP contribution >= 0.6 is 0 Å². The van der Waals surface area contributed by atoms with Crippen LogP contribution in [0.1, 0.15) is 16.7 Å². The second-order valence-corrected chi connectivity index (χ2v) is 6.65. The molecule has 23 heavy (non-hydrogen) atoms. The van der Waals surface area contributed by atoms with Gasteiger partial charge in [0.2, 0.25) is 10.0 Å². The number of hydrogen-bond acceptors (Lipinski definition) is 2. The van der Waals surface area contributed by atoms with Gasteiger partial charge in [-0.3, -0.25) is 0 Å². The van der Waals surface area contributed by atoms with Gasteiger partial charge >= 0.3 is 6.18 Å². The zero-order valence-corrected chi connectivity index (χ0v) is 12.6. The van der Waals surface area contributed by atoms with E-state index < -0.39 is 34.1 Å². The highest BCUT2D eigenvalue weighted by molar-refractivity contribution is 7.88. The number of alkyl halides is 3. The van der Waals surface area contributed by atoms with Crippen LogP contribution in [0, 0.1) is 5.82 Å². The molecule has 2 aromatic carbocycles. The zero-order chi connectivity index (χ0) is 17.1. The van der Waals surface area contributed by atoms with E-state index in [1.165, 1.54) is 0 Å². The Kier molecular flexibility index (Phi) is 5.06. The molecule has 0 fully saturated rings. The van der Waals surface area contributed by atoms with Gasteiger partial charge < -0.3 is 0 Å². The summed E-state index contributed by atoms with van der Waals surface area (Å²) in [6.45, 7) is -0.551. The number of nitrogens with one attached hydrogen (secondary N) is 1. The average molecular weight is 347 g/mol. The highest BCUT2D eigenvalue weighted by Gasteiger charge is 2.34. The molecule has 0 bridgehead atoms. The second kappa shape index (κ2) is 6.67. The van der Waals surface area contributed by atoms with Gasteiger partial charge in [0.25, 0.3) is 0 Å². The van der Waals surface area contributed by atoms with Crippen LogP contribution in [0.5, 0.6) is 0 Å². The molecule has 0 aliphatic rings. The molecule has 0 radical (unpaired) electrons. The molecular weight excluding hydrogens is 334 g/mol. The Labute approximate surface area is 131 Å². The lowest BCUT2D eigenvalue weighted by atomic mass is 10.1. The lowest BCUT2D eigenvalue weighted by molar-refractivity contribution is -0.140. The first kappa shape index (κ1) is 17.4. The Morgan fingerprint density at radius 2 is 1.61 bits per heavy atom. The summed E-state index contributed by atoms with van der Waals surface area (Å²) >= 11 is 0. The molecule has 0 aromatic heterocycles. The predicted molar refractivity (Wildman–Crippen MR) is 77.3 cm³/mol. The summed E-state index contributed by atoms with van der Waals surface area (Å²) in [6.07, 6.45) is -4.83. The first-order chi connectivity index (χ1) is 10.7. The van der Waals surface area contributed by atoms with Crippen LogP contribution in [-0.4, -0.2) is 8.42 Å². The molecule has 3 nitrogen and oxygen atoms in total. The topological polar surface area (TPSA) is 46.2 Å². The summed E-state index contributed by atoms with van der Waals surface area (Å²) in [6, 6.07) is 11.0. The van der Waals surface area contributed by atoms with E-state index in [0.29, 0.717) is 11.6 Å². The monoisotopic (exact) mass is 347 g/mol. The molecule has 0 aliphatic carbocycles. The van der Waals surface area contributed by atoms with Gasteiger partial charge in [0, 0.05) is 12.1 Å². The van der Waals surface area contributed by atoms with Crippen molar-refractivity contribution in [3.05, 3.63) is 71.0 Å². The quantitative estimate of drug-likeness (QED) is 0.842. The molecule has 0 saturated carbocycles. The summed E-state index contributed by atoms with van der Waals surface area (Å²) in [5, 5.41) is 0. The van der Waals surface area contributed by atoms with Crippen molar-refractivity contribution < 1.29 is 26.0 Å². The summed E-state index contributed by atoms with van der Waals surface area (Å²) < 4.78 is 77.6. The van der Waals surface area contributed by atoms with Crippen LogP contribution < -0.4 is 4.72 Å². The largest absolute Gasteiger partial charge is 0.419 e. The van der Waals surface area contributed by atoms with E-state index in [1.54, 1.807) is 30.3 Å². The standard InChI is InChI=1S/C15H13F4NO2S/c16-14-12(7-4-8-13(14)15(17,18)19)9-20-23(21,22)10-11-5-2-1-3-6-11/h1-8,20H,9-10H2. The molecule has 0 saturated heterocycles. The normalized spacial score (nSPS) is 12.3. The van der Waals surface area contributed by atoms with E-state index in [2.05, 4.69) is 4.72 Å². The van der Waals surface area contributed by atoms with Crippen molar-refractivity contribution in [2.45, 2.75) is 18.5 Å². The molecule has 8 heteroatoms. The minimum Gasteiger partial charge on any atom is -0.212 e. The molecule has 124 valence electrons. The third kappa shape index (κ3) is 4.77. The number of benzene rings is 2. The fourth-order valence-corrected chi connectivity index (χ4v) is 3.08. The van der Waals surface area contributed by atoms with Crippen molar-refractivity contribution in [1.29, 1.82) is 0 Å². The number of hydrogen-bond donors (Lipinski definition) is 1. The number of halogens is 4. The summed E-state index contributed by atoms with van der Waals surface area (Å²) in [4.78, 5) is 0. The van der Waals surface area contributed by atoms with Gasteiger partial charge in [-0.15, -0.1) is 0 Å². The minimum atomic E-state index is -4.83. The van der Waals surface area contributed by atoms with Gasteiger partial charge in [-0.25, -0.2) is 17.5 Å². The van der Waals surface area contributed by atoms with E-state index in [-0.39, 0.29) is 11.3 Å². The number of sulfonamides is 1. The Morgan fingerprint density at radius 1 is 0.957 bits per heavy atom. The molecular formula is C15H13F4NO2S. The van der Waals surface area contributed by atoms with Crippen molar-refractivity contribution in [3.8, 4) is 0 Å². The fraction of sp³-hybridized carbons (Fsp3) is 0.200. The Morgan fingerprint density at radius 3 is 2.22 bits per heavy atom. The van der Waals surface area contributed by atoms with Crippen LogP contribution in [-0.2, 0) is 28.5 Å². The Balaban J connectivity index is 2.12. The van der Waals surface area contributed by atoms with Crippen molar-refractivity contribution in [1.82, 2.24) is 4.72 Å². The van der Waals surface area contributed by atoms with Crippen LogP contribution in [0.4, 0.5) is 17.6 Å². The van der Waals surface area contributed by atoms with Gasteiger partial charge in [0.05, 0.1) is 11.3 Å².